The Balaban J connectivity index is 0.00000361. The monoisotopic (exact) mass is 300 g/mol. The van der Waals surface area contributed by atoms with E-state index in [-0.39, 0.29) is 18.5 Å². The summed E-state index contributed by atoms with van der Waals surface area (Å²) in [4.78, 5) is 11.4. The predicted octanol–water partition coefficient (Wildman–Crippen LogP) is 2.77. The van der Waals surface area contributed by atoms with Gasteiger partial charge in [0.15, 0.2) is 0 Å². The summed E-state index contributed by atoms with van der Waals surface area (Å²) in [5.74, 6) is 0. The lowest BCUT2D eigenvalue weighted by atomic mass is 10.1. The van der Waals surface area contributed by atoms with Crippen LogP contribution >= 0.6 is 12.4 Å². The predicted molar refractivity (Wildman–Crippen MR) is 84.5 cm³/mol. The van der Waals surface area contributed by atoms with Gasteiger partial charge in [0.2, 0.25) is 0 Å². The average molecular weight is 301 g/mol. The van der Waals surface area contributed by atoms with Gasteiger partial charge in [0, 0.05) is 13.1 Å². The summed E-state index contributed by atoms with van der Waals surface area (Å²) in [6.07, 6.45) is 0.630. The van der Waals surface area contributed by atoms with Gasteiger partial charge in [-0.05, 0) is 39.3 Å². The topological polar surface area (TPSA) is 50.4 Å². The van der Waals surface area contributed by atoms with Gasteiger partial charge < -0.3 is 15.4 Å². The molecule has 1 aromatic carbocycles. The van der Waals surface area contributed by atoms with E-state index in [0.717, 1.165) is 19.5 Å². The number of rotatable bonds is 6. The number of halogens is 1. The van der Waals surface area contributed by atoms with Crippen LogP contribution in [0.1, 0.15) is 26.3 Å². The molecule has 0 radical (unpaired) electrons. The lowest BCUT2D eigenvalue weighted by Gasteiger charge is -2.19. The Bertz CT molecular complexity index is 377. The molecule has 0 aliphatic carbocycles. The van der Waals surface area contributed by atoms with E-state index in [4.69, 9.17) is 4.74 Å². The average Bonchev–Trinajstić information content (AvgIpc) is 2.32. The van der Waals surface area contributed by atoms with Gasteiger partial charge in [0.05, 0.1) is 0 Å². The summed E-state index contributed by atoms with van der Waals surface area (Å²) in [6.45, 7) is 7.77. The molecule has 0 bridgehead atoms. The molecule has 0 fully saturated rings. The highest BCUT2D eigenvalue weighted by Crippen LogP contribution is 2.05. The molecule has 4 nitrogen and oxygen atoms in total. The van der Waals surface area contributed by atoms with Crippen LogP contribution in [0.5, 0.6) is 0 Å². The third-order valence-electron chi connectivity index (χ3n) is 2.40. The zero-order chi connectivity index (χ0) is 14.1. The lowest BCUT2D eigenvalue weighted by Crippen LogP contribution is -2.36. The molecule has 0 unspecified atom stereocenters. The molecule has 0 aromatic heterocycles. The number of benzene rings is 1. The number of carbonyl (C=O) groups excluding carboxylic acids is 1. The molecule has 0 spiro atoms. The van der Waals surface area contributed by atoms with Crippen LogP contribution in [-0.2, 0) is 11.2 Å². The van der Waals surface area contributed by atoms with E-state index in [1.807, 2.05) is 39.0 Å². The van der Waals surface area contributed by atoms with Gasteiger partial charge in [-0.2, -0.15) is 0 Å². The van der Waals surface area contributed by atoms with Crippen LogP contribution in [-0.4, -0.2) is 31.3 Å². The number of ether oxygens (including phenoxy) is 1. The molecule has 0 aliphatic rings. The molecule has 1 aromatic rings. The second kappa shape index (κ2) is 9.61. The second-order valence-electron chi connectivity index (χ2n) is 5.41. The Morgan fingerprint density at radius 3 is 2.35 bits per heavy atom. The Hall–Kier alpha value is -1.26. The fourth-order valence-corrected chi connectivity index (χ4v) is 1.57. The van der Waals surface area contributed by atoms with Crippen LogP contribution in [0.4, 0.5) is 4.79 Å². The van der Waals surface area contributed by atoms with E-state index in [0.29, 0.717) is 6.54 Å². The van der Waals surface area contributed by atoms with Crippen LogP contribution in [0.25, 0.3) is 0 Å². The minimum atomic E-state index is -0.440. The molecule has 0 atom stereocenters. The highest BCUT2D eigenvalue weighted by Gasteiger charge is 2.15. The van der Waals surface area contributed by atoms with Gasteiger partial charge in [0.25, 0.3) is 0 Å². The van der Waals surface area contributed by atoms with Crippen LogP contribution < -0.4 is 10.6 Å². The van der Waals surface area contributed by atoms with E-state index >= 15 is 0 Å². The smallest absolute Gasteiger partial charge is 0.407 e. The zero-order valence-corrected chi connectivity index (χ0v) is 13.3. The molecule has 20 heavy (non-hydrogen) atoms. The van der Waals surface area contributed by atoms with Gasteiger partial charge in [-0.15, -0.1) is 12.4 Å². The Morgan fingerprint density at radius 2 is 1.75 bits per heavy atom. The minimum absolute atomic E-state index is 0. The maximum absolute atomic E-state index is 11.4. The summed E-state index contributed by atoms with van der Waals surface area (Å²) >= 11 is 0. The van der Waals surface area contributed by atoms with Crippen molar-refractivity contribution in [3.05, 3.63) is 35.9 Å². The van der Waals surface area contributed by atoms with Gasteiger partial charge in [-0.25, -0.2) is 4.79 Å². The van der Waals surface area contributed by atoms with Crippen LogP contribution in [0, 0.1) is 0 Å². The Morgan fingerprint density at radius 1 is 1.10 bits per heavy atom. The first kappa shape index (κ1) is 18.7. The summed E-state index contributed by atoms with van der Waals surface area (Å²) in [7, 11) is 0. The van der Waals surface area contributed by atoms with E-state index in [2.05, 4.69) is 22.8 Å². The lowest BCUT2D eigenvalue weighted by molar-refractivity contribution is 0.0528. The number of hydrogen-bond donors (Lipinski definition) is 2. The van der Waals surface area contributed by atoms with E-state index in [9.17, 15) is 4.79 Å². The second-order valence-corrected chi connectivity index (χ2v) is 5.41. The van der Waals surface area contributed by atoms with Gasteiger partial charge >= 0.3 is 6.09 Å². The van der Waals surface area contributed by atoms with Crippen molar-refractivity contribution in [2.75, 3.05) is 19.6 Å². The normalized spacial score (nSPS) is 10.6. The minimum Gasteiger partial charge on any atom is -0.444 e. The standard InChI is InChI=1S/C15H24N2O2.ClH/c1-15(2,3)19-14(18)17-12-11-16-10-9-13-7-5-4-6-8-13;/h4-8,16H,9-12H2,1-3H3,(H,17,18);1H. The molecule has 0 saturated heterocycles. The van der Waals surface area contributed by atoms with Crippen LogP contribution in [0.3, 0.4) is 0 Å². The fraction of sp³-hybridized carbons (Fsp3) is 0.533. The van der Waals surface area contributed by atoms with Gasteiger partial charge in [-0.1, -0.05) is 30.3 Å². The molecule has 1 amide bonds. The van der Waals surface area contributed by atoms with Crippen molar-refractivity contribution in [3.8, 4) is 0 Å². The van der Waals surface area contributed by atoms with Crippen molar-refractivity contribution in [2.45, 2.75) is 32.8 Å². The van der Waals surface area contributed by atoms with E-state index in [1.54, 1.807) is 0 Å². The Kier molecular flexibility index (Phi) is 9.01. The first-order valence-electron chi connectivity index (χ1n) is 6.69. The summed E-state index contributed by atoms with van der Waals surface area (Å²) in [5, 5.41) is 6.00. The molecular weight excluding hydrogens is 276 g/mol. The third-order valence-corrected chi connectivity index (χ3v) is 2.40. The summed E-state index contributed by atoms with van der Waals surface area (Å²) in [6, 6.07) is 10.3. The van der Waals surface area contributed by atoms with Crippen molar-refractivity contribution in [2.24, 2.45) is 0 Å². The highest BCUT2D eigenvalue weighted by atomic mass is 35.5. The highest BCUT2D eigenvalue weighted by molar-refractivity contribution is 5.85. The quantitative estimate of drug-likeness (QED) is 0.794. The van der Waals surface area contributed by atoms with Crippen molar-refractivity contribution in [1.82, 2.24) is 10.6 Å². The zero-order valence-electron chi connectivity index (χ0n) is 12.4. The van der Waals surface area contributed by atoms with Crippen molar-refractivity contribution >= 4 is 18.5 Å². The third kappa shape index (κ3) is 9.64. The number of alkyl carbamates (subject to hydrolysis) is 1. The Labute approximate surface area is 127 Å². The summed E-state index contributed by atoms with van der Waals surface area (Å²) in [5.41, 5.74) is 0.875. The van der Waals surface area contributed by atoms with Crippen LogP contribution in [0.15, 0.2) is 30.3 Å². The molecule has 2 N–H and O–H groups in total. The van der Waals surface area contributed by atoms with Gasteiger partial charge in [-0.3, -0.25) is 0 Å². The number of nitrogens with one attached hydrogen (secondary N) is 2. The molecular formula is C15H25ClN2O2. The first-order chi connectivity index (χ1) is 8.97. The number of carbonyl (C=O) groups is 1. The fourth-order valence-electron chi connectivity index (χ4n) is 1.57. The van der Waals surface area contributed by atoms with E-state index in [1.165, 1.54) is 5.56 Å². The molecule has 0 aliphatic heterocycles. The summed E-state index contributed by atoms with van der Waals surface area (Å²) < 4.78 is 5.14. The van der Waals surface area contributed by atoms with Crippen molar-refractivity contribution in [1.29, 1.82) is 0 Å². The molecule has 0 heterocycles. The van der Waals surface area contributed by atoms with E-state index < -0.39 is 5.60 Å². The molecule has 5 heteroatoms. The largest absolute Gasteiger partial charge is 0.444 e. The molecule has 1 rings (SSSR count). The number of amides is 1. The maximum Gasteiger partial charge on any atom is 0.407 e. The number of hydrogen-bond acceptors (Lipinski definition) is 3. The first-order valence-corrected chi connectivity index (χ1v) is 6.69. The van der Waals surface area contributed by atoms with Crippen molar-refractivity contribution < 1.29 is 9.53 Å². The van der Waals surface area contributed by atoms with Gasteiger partial charge in [0.1, 0.15) is 5.60 Å². The van der Waals surface area contributed by atoms with Crippen molar-refractivity contribution in [3.63, 3.8) is 0 Å². The molecule has 114 valence electrons. The SMILES string of the molecule is CC(C)(C)OC(=O)NCCNCCc1ccccc1.Cl. The molecule has 0 saturated carbocycles. The van der Waals surface area contributed by atoms with Crippen LogP contribution in [0.2, 0.25) is 0 Å². The maximum atomic E-state index is 11.4.